The Morgan fingerprint density at radius 3 is 1.59 bits per heavy atom. The summed E-state index contributed by atoms with van der Waals surface area (Å²) in [4.78, 5) is 0. The van der Waals surface area contributed by atoms with Crippen LogP contribution in [0.15, 0.2) is 48.5 Å². The average molecular weight is 457 g/mol. The molecule has 0 bridgehead atoms. The topological polar surface area (TPSA) is 29.5 Å². The Morgan fingerprint density at radius 1 is 0.862 bits per heavy atom. The fourth-order valence-electron chi connectivity index (χ4n) is 2.10. The highest BCUT2D eigenvalue weighted by molar-refractivity contribution is 9.09. The summed E-state index contributed by atoms with van der Waals surface area (Å²) in [5, 5.41) is 10.3. The van der Waals surface area contributed by atoms with Gasteiger partial charge < -0.3 is 9.84 Å². The fourth-order valence-corrected chi connectivity index (χ4v) is 2.10. The number of terminal acetylenes is 2. The summed E-state index contributed by atoms with van der Waals surface area (Å²) in [6.45, 7) is 8.83. The van der Waals surface area contributed by atoms with Crippen molar-refractivity contribution in [3.05, 3.63) is 70.8 Å². The predicted octanol–water partition coefficient (Wildman–Crippen LogP) is 6.67. The molecule has 0 fully saturated rings. The molecule has 2 atom stereocenters. The van der Waals surface area contributed by atoms with Crippen LogP contribution in [0.2, 0.25) is 0 Å². The Kier molecular flexibility index (Phi) is 15.7. The minimum atomic E-state index is -0.415. The Bertz CT molecular complexity index is 732. The van der Waals surface area contributed by atoms with Crippen molar-refractivity contribution in [1.82, 2.24) is 0 Å². The van der Waals surface area contributed by atoms with Gasteiger partial charge in [0.2, 0.25) is 0 Å². The van der Waals surface area contributed by atoms with Crippen LogP contribution in [-0.2, 0) is 4.74 Å². The molecule has 0 aliphatic heterocycles. The van der Waals surface area contributed by atoms with Crippen molar-refractivity contribution >= 4 is 15.9 Å². The van der Waals surface area contributed by atoms with Crippen LogP contribution in [0, 0.1) is 24.7 Å². The lowest BCUT2D eigenvalue weighted by atomic mass is 10.1. The predicted molar refractivity (Wildman–Crippen MR) is 128 cm³/mol. The lowest BCUT2D eigenvalue weighted by Gasteiger charge is -2.12. The maximum atomic E-state index is 9.14. The molecule has 0 radical (unpaired) electrons. The molecule has 0 spiro atoms. The zero-order valence-electron chi connectivity index (χ0n) is 18.0. The molecule has 0 aromatic heterocycles. The van der Waals surface area contributed by atoms with Crippen molar-refractivity contribution in [1.29, 1.82) is 0 Å². The first-order valence-electron chi connectivity index (χ1n) is 9.92. The normalized spacial score (nSPS) is 11.4. The number of ether oxygens (including phenoxy) is 1. The molecule has 2 aromatic rings. The first kappa shape index (κ1) is 27.0. The minimum Gasteiger partial charge on any atom is -0.389 e. The van der Waals surface area contributed by atoms with Gasteiger partial charge in [0.15, 0.2) is 0 Å². The quantitative estimate of drug-likeness (QED) is 0.388. The van der Waals surface area contributed by atoms with Gasteiger partial charge in [-0.15, -0.1) is 12.8 Å². The number of hydrogen-bond donors (Lipinski definition) is 1. The van der Waals surface area contributed by atoms with Gasteiger partial charge in [-0.3, -0.25) is 0 Å². The van der Waals surface area contributed by atoms with E-state index in [2.05, 4.69) is 48.5 Å². The fraction of sp³-hybridized carbons (Fsp3) is 0.385. The maximum Gasteiger partial charge on any atom is 0.0796 e. The van der Waals surface area contributed by atoms with E-state index in [9.17, 15) is 0 Å². The largest absolute Gasteiger partial charge is 0.389 e. The lowest BCUT2D eigenvalue weighted by Crippen LogP contribution is -2.00. The van der Waals surface area contributed by atoms with E-state index in [1.807, 2.05) is 48.5 Å². The highest BCUT2D eigenvalue weighted by Crippen LogP contribution is 2.17. The third kappa shape index (κ3) is 12.2. The molecular formula is C26H33BrO2. The summed E-state index contributed by atoms with van der Waals surface area (Å²) in [7, 11) is 0. The van der Waals surface area contributed by atoms with Crippen LogP contribution in [0.4, 0.5) is 0 Å². The standard InChI is InChI=1S/C13H16O.C10H10O.C3H7Br/c1-4-10-14-11(3)13-8-6-12(5-2)7-9-13;1-3-9-4-6-10(7-5-9)8(2)11;1-2-3-4/h2,6-9,11H,4,10H2,1,3H3;1,4-8,11H,2H3;2-3H2,1H3. The second-order valence-corrected chi connectivity index (χ2v) is 7.20. The zero-order valence-corrected chi connectivity index (χ0v) is 19.6. The summed E-state index contributed by atoms with van der Waals surface area (Å²) in [6.07, 6.45) is 12.5. The highest BCUT2D eigenvalue weighted by atomic mass is 79.9. The van der Waals surface area contributed by atoms with Crippen molar-refractivity contribution in [3.63, 3.8) is 0 Å². The minimum absolute atomic E-state index is 0.154. The molecule has 0 saturated heterocycles. The molecular weight excluding hydrogens is 424 g/mol. The summed E-state index contributed by atoms with van der Waals surface area (Å²) in [5.74, 6) is 5.11. The van der Waals surface area contributed by atoms with E-state index in [1.165, 1.54) is 12.0 Å². The Morgan fingerprint density at radius 2 is 1.28 bits per heavy atom. The van der Waals surface area contributed by atoms with E-state index in [-0.39, 0.29) is 6.10 Å². The Hall–Kier alpha value is -2.04. The number of aliphatic hydroxyl groups is 1. The molecule has 2 unspecified atom stereocenters. The van der Waals surface area contributed by atoms with Gasteiger partial charge in [0.05, 0.1) is 12.2 Å². The smallest absolute Gasteiger partial charge is 0.0796 e. The van der Waals surface area contributed by atoms with Gasteiger partial charge in [-0.2, -0.15) is 0 Å². The molecule has 3 heteroatoms. The van der Waals surface area contributed by atoms with Crippen LogP contribution >= 0.6 is 15.9 Å². The van der Waals surface area contributed by atoms with E-state index in [4.69, 9.17) is 22.7 Å². The van der Waals surface area contributed by atoms with Gasteiger partial charge in [0.25, 0.3) is 0 Å². The number of benzene rings is 2. The van der Waals surface area contributed by atoms with Crippen molar-refractivity contribution in [2.75, 3.05) is 11.9 Å². The maximum absolute atomic E-state index is 9.14. The van der Waals surface area contributed by atoms with Crippen LogP contribution in [-0.4, -0.2) is 17.0 Å². The third-order valence-corrected chi connectivity index (χ3v) is 4.66. The molecule has 0 aliphatic rings. The summed E-state index contributed by atoms with van der Waals surface area (Å²) < 4.78 is 5.60. The first-order chi connectivity index (χ1) is 13.9. The number of halogens is 1. The van der Waals surface area contributed by atoms with Gasteiger partial charge >= 0.3 is 0 Å². The molecule has 156 valence electrons. The molecule has 2 aromatic carbocycles. The van der Waals surface area contributed by atoms with Crippen molar-refractivity contribution < 1.29 is 9.84 Å². The van der Waals surface area contributed by atoms with Gasteiger partial charge in [0, 0.05) is 23.1 Å². The summed E-state index contributed by atoms with van der Waals surface area (Å²) in [6, 6.07) is 15.2. The zero-order chi connectivity index (χ0) is 22.1. The second kappa shape index (κ2) is 16.9. The van der Waals surface area contributed by atoms with Gasteiger partial charge in [-0.25, -0.2) is 0 Å². The Labute approximate surface area is 185 Å². The number of hydrogen-bond acceptors (Lipinski definition) is 2. The lowest BCUT2D eigenvalue weighted by molar-refractivity contribution is 0.0663. The Balaban J connectivity index is 0.000000466. The number of alkyl halides is 1. The van der Waals surface area contributed by atoms with E-state index in [0.29, 0.717) is 0 Å². The van der Waals surface area contributed by atoms with Crippen LogP contribution in [0.1, 0.15) is 75.0 Å². The molecule has 0 heterocycles. The first-order valence-corrected chi connectivity index (χ1v) is 11.0. The van der Waals surface area contributed by atoms with Gasteiger partial charge in [-0.1, -0.05) is 65.9 Å². The molecule has 0 aliphatic carbocycles. The summed E-state index contributed by atoms with van der Waals surface area (Å²) >= 11 is 3.25. The number of aliphatic hydroxyl groups excluding tert-OH is 1. The van der Waals surface area contributed by atoms with E-state index in [1.54, 1.807) is 6.92 Å². The van der Waals surface area contributed by atoms with Gasteiger partial charge in [-0.05, 0) is 62.1 Å². The van der Waals surface area contributed by atoms with E-state index < -0.39 is 6.10 Å². The second-order valence-electron chi connectivity index (χ2n) is 6.41. The summed E-state index contributed by atoms with van der Waals surface area (Å²) in [5.41, 5.74) is 3.83. The highest BCUT2D eigenvalue weighted by Gasteiger charge is 2.04. The average Bonchev–Trinajstić information content (AvgIpc) is 2.78. The van der Waals surface area contributed by atoms with Crippen LogP contribution < -0.4 is 0 Å². The van der Waals surface area contributed by atoms with Crippen molar-refractivity contribution in [2.45, 2.75) is 52.7 Å². The molecule has 29 heavy (non-hydrogen) atoms. The van der Waals surface area contributed by atoms with Crippen LogP contribution in [0.3, 0.4) is 0 Å². The molecule has 1 N–H and O–H groups in total. The van der Waals surface area contributed by atoms with Crippen LogP contribution in [0.25, 0.3) is 0 Å². The van der Waals surface area contributed by atoms with E-state index in [0.717, 1.165) is 35.0 Å². The molecule has 2 nitrogen and oxygen atoms in total. The SMILES string of the molecule is C#Cc1ccc(C(C)O)cc1.C#Cc1ccc(C(C)OCCC)cc1.CCCBr. The molecule has 2 rings (SSSR count). The monoisotopic (exact) mass is 456 g/mol. The van der Waals surface area contributed by atoms with E-state index >= 15 is 0 Å². The van der Waals surface area contributed by atoms with Crippen LogP contribution in [0.5, 0.6) is 0 Å². The molecule has 0 amide bonds. The van der Waals surface area contributed by atoms with Crippen molar-refractivity contribution in [3.8, 4) is 24.7 Å². The number of rotatable bonds is 6. The molecule has 0 saturated carbocycles. The van der Waals surface area contributed by atoms with Gasteiger partial charge in [0.1, 0.15) is 0 Å². The third-order valence-electron chi connectivity index (χ3n) is 3.87. The van der Waals surface area contributed by atoms with Crippen molar-refractivity contribution in [2.24, 2.45) is 0 Å².